The van der Waals surface area contributed by atoms with Crippen molar-refractivity contribution in [3.63, 3.8) is 0 Å². The number of nitrogen functional groups attached to an aromatic ring is 1. The van der Waals surface area contributed by atoms with E-state index >= 15 is 0 Å². The summed E-state index contributed by atoms with van der Waals surface area (Å²) in [4.78, 5) is 12.0. The Kier molecular flexibility index (Phi) is 3.71. The number of hydrogen-bond donors (Lipinski definition) is 2. The minimum atomic E-state index is -0.528. The average Bonchev–Trinajstić information content (AvgIpc) is 2.32. The van der Waals surface area contributed by atoms with E-state index in [9.17, 15) is 9.18 Å². The maximum Gasteiger partial charge on any atom is 0.255 e. The summed E-state index contributed by atoms with van der Waals surface area (Å²) in [7, 11) is 0. The van der Waals surface area contributed by atoms with Crippen LogP contribution in [0.25, 0.3) is 0 Å². The lowest BCUT2D eigenvalue weighted by molar-refractivity contribution is 0.102. The van der Waals surface area contributed by atoms with Crippen molar-refractivity contribution < 1.29 is 9.18 Å². The number of hydrogen-bond acceptors (Lipinski definition) is 2. The van der Waals surface area contributed by atoms with E-state index in [1.54, 1.807) is 18.2 Å². The van der Waals surface area contributed by atoms with Gasteiger partial charge in [0.2, 0.25) is 0 Å². The molecule has 2 aromatic rings. The van der Waals surface area contributed by atoms with E-state index in [1.807, 2.05) is 6.92 Å². The summed E-state index contributed by atoms with van der Waals surface area (Å²) in [5.41, 5.74) is 7.96. The maximum absolute atomic E-state index is 13.0. The first-order valence-corrected chi connectivity index (χ1v) is 5.97. The molecular weight excluding hydrogens is 267 g/mol. The molecule has 0 aliphatic heterocycles. The van der Waals surface area contributed by atoms with Gasteiger partial charge in [-0.1, -0.05) is 11.6 Å². The third kappa shape index (κ3) is 3.23. The zero-order chi connectivity index (χ0) is 14.0. The Morgan fingerprint density at radius 3 is 2.63 bits per heavy atom. The van der Waals surface area contributed by atoms with Crippen molar-refractivity contribution in [3.05, 3.63) is 58.4 Å². The molecule has 0 aliphatic rings. The maximum atomic E-state index is 13.0. The van der Waals surface area contributed by atoms with Crippen molar-refractivity contribution in [2.75, 3.05) is 11.1 Å². The first-order valence-electron chi connectivity index (χ1n) is 5.59. The highest BCUT2D eigenvalue weighted by Crippen LogP contribution is 2.20. The van der Waals surface area contributed by atoms with Crippen molar-refractivity contribution in [2.24, 2.45) is 0 Å². The largest absolute Gasteiger partial charge is 0.399 e. The van der Waals surface area contributed by atoms with E-state index < -0.39 is 5.82 Å². The number of benzene rings is 2. The third-order valence-electron chi connectivity index (χ3n) is 2.54. The Bertz CT molecular complexity index is 623. The van der Waals surface area contributed by atoms with Crippen LogP contribution in [0.1, 0.15) is 15.9 Å². The zero-order valence-corrected chi connectivity index (χ0v) is 11.0. The summed E-state index contributed by atoms with van der Waals surface area (Å²) in [5, 5.41) is 2.59. The fourth-order valence-electron chi connectivity index (χ4n) is 1.72. The topological polar surface area (TPSA) is 55.1 Å². The van der Waals surface area contributed by atoms with Gasteiger partial charge in [0.1, 0.15) is 5.82 Å². The molecule has 0 atom stereocenters. The molecule has 0 heterocycles. The van der Waals surface area contributed by atoms with E-state index in [1.165, 1.54) is 18.2 Å². The predicted molar refractivity (Wildman–Crippen MR) is 75.0 cm³/mol. The van der Waals surface area contributed by atoms with Gasteiger partial charge in [0, 0.05) is 16.9 Å². The molecule has 5 heteroatoms. The fourth-order valence-corrected chi connectivity index (χ4v) is 1.90. The molecule has 0 fully saturated rings. The number of anilines is 2. The minimum absolute atomic E-state index is 0.0402. The van der Waals surface area contributed by atoms with Crippen molar-refractivity contribution >= 4 is 28.9 Å². The predicted octanol–water partition coefficient (Wildman–Crippen LogP) is 3.62. The van der Waals surface area contributed by atoms with Crippen LogP contribution >= 0.6 is 11.6 Å². The molecule has 1 amide bonds. The van der Waals surface area contributed by atoms with Crippen LogP contribution < -0.4 is 11.1 Å². The molecule has 98 valence electrons. The first kappa shape index (κ1) is 13.4. The van der Waals surface area contributed by atoms with E-state index in [-0.39, 0.29) is 10.9 Å². The monoisotopic (exact) mass is 278 g/mol. The molecule has 2 aromatic carbocycles. The van der Waals surface area contributed by atoms with Crippen LogP contribution in [0.4, 0.5) is 15.8 Å². The Hall–Kier alpha value is -2.07. The SMILES string of the molecule is Cc1cc(N)cc(C(=O)Nc2ccc(F)c(Cl)c2)c1. The molecular formula is C14H12ClFN2O. The Morgan fingerprint density at radius 1 is 1.26 bits per heavy atom. The van der Waals surface area contributed by atoms with E-state index in [0.717, 1.165) is 5.56 Å². The van der Waals surface area contributed by atoms with E-state index in [2.05, 4.69) is 5.32 Å². The fraction of sp³-hybridized carbons (Fsp3) is 0.0714. The molecule has 0 bridgehead atoms. The Labute approximate surface area is 115 Å². The molecule has 0 spiro atoms. The van der Waals surface area contributed by atoms with Gasteiger partial charge in [-0.25, -0.2) is 4.39 Å². The molecule has 0 unspecified atom stereocenters. The smallest absolute Gasteiger partial charge is 0.255 e. The number of amides is 1. The van der Waals surface area contributed by atoms with Crippen LogP contribution in [0.5, 0.6) is 0 Å². The summed E-state index contributed by atoms with van der Waals surface area (Å²) < 4.78 is 13.0. The Balaban J connectivity index is 2.22. The summed E-state index contributed by atoms with van der Waals surface area (Å²) in [6, 6.07) is 9.06. The second-order valence-corrected chi connectivity index (χ2v) is 4.62. The van der Waals surface area contributed by atoms with Gasteiger partial charge in [0.25, 0.3) is 5.91 Å². The number of nitrogens with two attached hydrogens (primary N) is 1. The number of aryl methyl sites for hydroxylation is 1. The van der Waals surface area contributed by atoms with Crippen molar-refractivity contribution in [3.8, 4) is 0 Å². The lowest BCUT2D eigenvalue weighted by atomic mass is 10.1. The number of halogens is 2. The van der Waals surface area contributed by atoms with Crippen molar-refractivity contribution in [2.45, 2.75) is 6.92 Å². The number of nitrogens with one attached hydrogen (secondary N) is 1. The van der Waals surface area contributed by atoms with Gasteiger partial charge in [-0.3, -0.25) is 4.79 Å². The number of carbonyl (C=O) groups is 1. The lowest BCUT2D eigenvalue weighted by Crippen LogP contribution is -2.12. The van der Waals surface area contributed by atoms with Gasteiger partial charge in [0.15, 0.2) is 0 Å². The van der Waals surface area contributed by atoms with Crippen molar-refractivity contribution in [1.29, 1.82) is 0 Å². The van der Waals surface area contributed by atoms with Gasteiger partial charge in [-0.2, -0.15) is 0 Å². The molecule has 0 aliphatic carbocycles. The summed E-state index contributed by atoms with van der Waals surface area (Å²) in [6.07, 6.45) is 0. The van der Waals surface area contributed by atoms with Crippen LogP contribution in [-0.2, 0) is 0 Å². The third-order valence-corrected chi connectivity index (χ3v) is 2.83. The van der Waals surface area contributed by atoms with Crippen LogP contribution in [0.15, 0.2) is 36.4 Å². The summed E-state index contributed by atoms with van der Waals surface area (Å²) in [6.45, 7) is 1.85. The molecule has 0 saturated heterocycles. The molecule has 0 aromatic heterocycles. The molecule has 0 radical (unpaired) electrons. The van der Waals surface area contributed by atoms with Crippen LogP contribution in [0, 0.1) is 12.7 Å². The second kappa shape index (κ2) is 5.28. The normalized spacial score (nSPS) is 10.3. The molecule has 19 heavy (non-hydrogen) atoms. The lowest BCUT2D eigenvalue weighted by Gasteiger charge is -2.07. The summed E-state index contributed by atoms with van der Waals surface area (Å²) in [5.74, 6) is -0.849. The van der Waals surface area contributed by atoms with Gasteiger partial charge >= 0.3 is 0 Å². The van der Waals surface area contributed by atoms with Gasteiger partial charge in [0.05, 0.1) is 5.02 Å². The Morgan fingerprint density at radius 2 is 2.00 bits per heavy atom. The van der Waals surface area contributed by atoms with Crippen molar-refractivity contribution in [1.82, 2.24) is 0 Å². The first-order chi connectivity index (χ1) is 8.95. The van der Waals surface area contributed by atoms with Crippen LogP contribution in [0.2, 0.25) is 5.02 Å². The summed E-state index contributed by atoms with van der Waals surface area (Å²) >= 11 is 5.65. The standard InChI is InChI=1S/C14H12ClFN2O/c1-8-4-9(6-10(17)5-8)14(19)18-11-2-3-13(16)12(15)7-11/h2-7H,17H2,1H3,(H,18,19). The second-order valence-electron chi connectivity index (χ2n) is 4.22. The molecule has 2 rings (SSSR count). The van der Waals surface area contributed by atoms with Crippen LogP contribution in [-0.4, -0.2) is 5.91 Å². The highest BCUT2D eigenvalue weighted by atomic mass is 35.5. The highest BCUT2D eigenvalue weighted by Gasteiger charge is 2.08. The van der Waals surface area contributed by atoms with Crippen LogP contribution in [0.3, 0.4) is 0 Å². The zero-order valence-electron chi connectivity index (χ0n) is 10.2. The molecule has 3 nitrogen and oxygen atoms in total. The quantitative estimate of drug-likeness (QED) is 0.824. The van der Waals surface area contributed by atoms with E-state index in [0.29, 0.717) is 16.9 Å². The minimum Gasteiger partial charge on any atom is -0.399 e. The number of rotatable bonds is 2. The molecule has 3 N–H and O–H groups in total. The average molecular weight is 279 g/mol. The molecule has 0 saturated carbocycles. The number of carbonyl (C=O) groups excluding carboxylic acids is 1. The van der Waals surface area contributed by atoms with Gasteiger partial charge in [-0.05, 0) is 48.9 Å². The highest BCUT2D eigenvalue weighted by molar-refractivity contribution is 6.31. The van der Waals surface area contributed by atoms with Gasteiger partial charge < -0.3 is 11.1 Å². The van der Waals surface area contributed by atoms with Gasteiger partial charge in [-0.15, -0.1) is 0 Å². The van der Waals surface area contributed by atoms with E-state index in [4.69, 9.17) is 17.3 Å².